The molecule has 0 amide bonds. The number of carboxylic acids is 1. The molecule has 1 aromatic heterocycles. The van der Waals surface area contributed by atoms with Gasteiger partial charge >= 0.3 is 5.97 Å². The Labute approximate surface area is 84.7 Å². The number of aromatic carboxylic acids is 1. The number of anilines is 1. The summed E-state index contributed by atoms with van der Waals surface area (Å²) in [5, 5.41) is 18.4. The van der Waals surface area contributed by atoms with Crippen molar-refractivity contribution in [1.29, 1.82) is 0 Å². The van der Waals surface area contributed by atoms with Crippen LogP contribution < -0.4 is 5.73 Å². The van der Waals surface area contributed by atoms with Crippen molar-refractivity contribution in [1.82, 2.24) is 15.4 Å². The Morgan fingerprint density at radius 1 is 1.27 bits per heavy atom. The Hall–Kier alpha value is -2.37. The molecule has 6 nitrogen and oxygen atoms in total. The fraction of sp³-hybridized carbons (Fsp3) is 0. The van der Waals surface area contributed by atoms with Crippen LogP contribution in [0.5, 0.6) is 0 Å². The van der Waals surface area contributed by atoms with E-state index in [-0.39, 0.29) is 5.69 Å². The second-order valence-electron chi connectivity index (χ2n) is 2.95. The van der Waals surface area contributed by atoms with Gasteiger partial charge in [-0.25, -0.2) is 4.79 Å². The van der Waals surface area contributed by atoms with E-state index in [2.05, 4.69) is 15.4 Å². The Morgan fingerprint density at radius 3 is 2.53 bits per heavy atom. The molecule has 6 heteroatoms. The van der Waals surface area contributed by atoms with Crippen LogP contribution in [0.1, 0.15) is 10.5 Å². The van der Waals surface area contributed by atoms with Gasteiger partial charge in [-0.05, 0) is 12.1 Å². The molecule has 2 aromatic rings. The van der Waals surface area contributed by atoms with Crippen LogP contribution in [0.3, 0.4) is 0 Å². The van der Waals surface area contributed by atoms with Gasteiger partial charge in [-0.15, -0.1) is 5.10 Å². The SMILES string of the molecule is Nc1ccc(-c2n[nH]nc2C(=O)O)cc1. The van der Waals surface area contributed by atoms with E-state index in [0.717, 1.165) is 0 Å². The summed E-state index contributed by atoms with van der Waals surface area (Å²) < 4.78 is 0. The van der Waals surface area contributed by atoms with Crippen LogP contribution in [0, 0.1) is 0 Å². The number of carboxylic acid groups (broad SMARTS) is 1. The molecule has 0 aliphatic rings. The van der Waals surface area contributed by atoms with Crippen molar-refractivity contribution < 1.29 is 9.90 Å². The first-order valence-electron chi connectivity index (χ1n) is 4.18. The molecule has 0 atom stereocenters. The summed E-state index contributed by atoms with van der Waals surface area (Å²) in [5.74, 6) is -1.12. The normalized spacial score (nSPS) is 10.1. The number of nitrogen functional groups attached to an aromatic ring is 1. The zero-order valence-corrected chi connectivity index (χ0v) is 7.64. The maximum Gasteiger partial charge on any atom is 0.358 e. The highest BCUT2D eigenvalue weighted by molar-refractivity contribution is 5.92. The van der Waals surface area contributed by atoms with E-state index in [0.29, 0.717) is 16.9 Å². The zero-order valence-electron chi connectivity index (χ0n) is 7.64. The van der Waals surface area contributed by atoms with E-state index < -0.39 is 5.97 Å². The van der Waals surface area contributed by atoms with Gasteiger partial charge in [0.25, 0.3) is 0 Å². The van der Waals surface area contributed by atoms with Crippen molar-refractivity contribution in [3.63, 3.8) is 0 Å². The molecule has 15 heavy (non-hydrogen) atoms. The number of benzene rings is 1. The molecule has 0 aliphatic carbocycles. The summed E-state index contributed by atoms with van der Waals surface area (Å²) in [6.07, 6.45) is 0. The number of rotatable bonds is 2. The molecular weight excluding hydrogens is 196 g/mol. The topological polar surface area (TPSA) is 105 Å². The second-order valence-corrected chi connectivity index (χ2v) is 2.95. The van der Waals surface area contributed by atoms with Crippen molar-refractivity contribution in [2.24, 2.45) is 0 Å². The Balaban J connectivity index is 2.49. The van der Waals surface area contributed by atoms with E-state index in [1.165, 1.54) is 0 Å². The van der Waals surface area contributed by atoms with Gasteiger partial charge in [-0.1, -0.05) is 12.1 Å². The van der Waals surface area contributed by atoms with E-state index in [4.69, 9.17) is 10.8 Å². The van der Waals surface area contributed by atoms with Gasteiger partial charge in [0.15, 0.2) is 5.69 Å². The molecule has 0 radical (unpaired) electrons. The molecule has 0 bridgehead atoms. The first kappa shape index (κ1) is 9.20. The van der Waals surface area contributed by atoms with Crippen molar-refractivity contribution in [3.8, 4) is 11.3 Å². The smallest absolute Gasteiger partial charge is 0.358 e. The van der Waals surface area contributed by atoms with Crippen molar-refractivity contribution in [2.75, 3.05) is 5.73 Å². The summed E-state index contributed by atoms with van der Waals surface area (Å²) in [4.78, 5) is 10.8. The molecule has 0 unspecified atom stereocenters. The van der Waals surface area contributed by atoms with E-state index >= 15 is 0 Å². The molecule has 1 heterocycles. The van der Waals surface area contributed by atoms with E-state index in [9.17, 15) is 4.79 Å². The molecule has 1 aromatic carbocycles. The van der Waals surface area contributed by atoms with Crippen molar-refractivity contribution in [3.05, 3.63) is 30.0 Å². The molecule has 0 fully saturated rings. The van der Waals surface area contributed by atoms with Crippen LogP contribution in [-0.4, -0.2) is 26.5 Å². The Morgan fingerprint density at radius 2 is 1.93 bits per heavy atom. The predicted molar refractivity (Wildman–Crippen MR) is 53.2 cm³/mol. The van der Waals surface area contributed by atoms with Gasteiger partial charge in [0.05, 0.1) is 0 Å². The summed E-state index contributed by atoms with van der Waals surface area (Å²) in [7, 11) is 0. The fourth-order valence-corrected chi connectivity index (χ4v) is 1.22. The first-order valence-corrected chi connectivity index (χ1v) is 4.18. The Bertz CT molecular complexity index is 489. The van der Waals surface area contributed by atoms with Crippen LogP contribution in [0.2, 0.25) is 0 Å². The minimum absolute atomic E-state index is 0.0974. The van der Waals surface area contributed by atoms with Gasteiger partial charge in [0.1, 0.15) is 5.69 Å². The quantitative estimate of drug-likeness (QED) is 0.626. The molecule has 76 valence electrons. The lowest BCUT2D eigenvalue weighted by Gasteiger charge is -1.97. The first-order chi connectivity index (χ1) is 7.18. The largest absolute Gasteiger partial charge is 0.476 e. The Kier molecular flexibility index (Phi) is 2.09. The van der Waals surface area contributed by atoms with Crippen molar-refractivity contribution >= 4 is 11.7 Å². The van der Waals surface area contributed by atoms with Crippen LogP contribution >= 0.6 is 0 Å². The average molecular weight is 204 g/mol. The van der Waals surface area contributed by atoms with Gasteiger partial charge in [-0.2, -0.15) is 10.3 Å². The van der Waals surface area contributed by atoms with Crippen LogP contribution in [0.15, 0.2) is 24.3 Å². The standard InChI is InChI=1S/C9H8N4O2/c10-6-3-1-5(2-4-6)7-8(9(14)15)12-13-11-7/h1-4H,10H2,(H,14,15)(H,11,12,13). The van der Waals surface area contributed by atoms with Gasteiger partial charge < -0.3 is 10.8 Å². The third-order valence-corrected chi connectivity index (χ3v) is 1.93. The van der Waals surface area contributed by atoms with Gasteiger partial charge in [0.2, 0.25) is 0 Å². The molecule has 2 rings (SSSR count). The number of carbonyl (C=O) groups is 1. The van der Waals surface area contributed by atoms with Gasteiger partial charge in [0, 0.05) is 11.3 Å². The minimum Gasteiger partial charge on any atom is -0.476 e. The number of hydrogen-bond acceptors (Lipinski definition) is 4. The zero-order chi connectivity index (χ0) is 10.8. The second kappa shape index (κ2) is 3.41. The highest BCUT2D eigenvalue weighted by atomic mass is 16.4. The van der Waals surface area contributed by atoms with Crippen LogP contribution in [0.25, 0.3) is 11.3 Å². The molecule has 4 N–H and O–H groups in total. The molecule has 0 spiro atoms. The molecule has 0 saturated heterocycles. The van der Waals surface area contributed by atoms with E-state index in [1.807, 2.05) is 0 Å². The summed E-state index contributed by atoms with van der Waals surface area (Å²) in [6.45, 7) is 0. The maximum atomic E-state index is 10.8. The fourth-order valence-electron chi connectivity index (χ4n) is 1.22. The monoisotopic (exact) mass is 204 g/mol. The molecule has 0 saturated carbocycles. The van der Waals surface area contributed by atoms with E-state index in [1.54, 1.807) is 24.3 Å². The highest BCUT2D eigenvalue weighted by Gasteiger charge is 2.16. The summed E-state index contributed by atoms with van der Waals surface area (Å²) >= 11 is 0. The van der Waals surface area contributed by atoms with Crippen molar-refractivity contribution in [2.45, 2.75) is 0 Å². The highest BCUT2D eigenvalue weighted by Crippen LogP contribution is 2.20. The predicted octanol–water partition coefficient (Wildman–Crippen LogP) is 0.752. The van der Waals surface area contributed by atoms with Crippen LogP contribution in [0.4, 0.5) is 5.69 Å². The van der Waals surface area contributed by atoms with Crippen LogP contribution in [-0.2, 0) is 0 Å². The minimum atomic E-state index is -1.12. The third-order valence-electron chi connectivity index (χ3n) is 1.93. The average Bonchev–Trinajstić information content (AvgIpc) is 2.67. The lowest BCUT2D eigenvalue weighted by molar-refractivity contribution is 0.0691. The number of H-pyrrole nitrogens is 1. The maximum absolute atomic E-state index is 10.8. The number of nitrogens with zero attached hydrogens (tertiary/aromatic N) is 2. The number of nitrogens with one attached hydrogen (secondary N) is 1. The summed E-state index contributed by atoms with van der Waals surface area (Å²) in [6, 6.07) is 6.74. The third kappa shape index (κ3) is 1.64. The lowest BCUT2D eigenvalue weighted by atomic mass is 10.1. The summed E-state index contributed by atoms with van der Waals surface area (Å²) in [5.41, 5.74) is 7.00. The van der Waals surface area contributed by atoms with Gasteiger partial charge in [-0.3, -0.25) is 0 Å². The number of aromatic amines is 1. The lowest BCUT2D eigenvalue weighted by Crippen LogP contribution is -1.99. The number of aromatic nitrogens is 3. The molecule has 0 aliphatic heterocycles. The molecular formula is C9H8N4O2. The number of nitrogens with two attached hydrogens (primary N) is 1. The number of hydrogen-bond donors (Lipinski definition) is 3.